The van der Waals surface area contributed by atoms with Crippen molar-refractivity contribution >= 4 is 40.7 Å². The zero-order valence-electron chi connectivity index (χ0n) is 20.3. The van der Waals surface area contributed by atoms with Crippen LogP contribution in [0.2, 0.25) is 0 Å². The second-order valence-electron chi connectivity index (χ2n) is 8.73. The summed E-state index contributed by atoms with van der Waals surface area (Å²) >= 11 is 3.23. The van der Waals surface area contributed by atoms with Crippen molar-refractivity contribution in [1.82, 2.24) is 15.1 Å². The first-order valence-corrected chi connectivity index (χ1v) is 14.0. The number of benzene rings is 2. The summed E-state index contributed by atoms with van der Waals surface area (Å²) in [7, 11) is 0. The second kappa shape index (κ2) is 10.7. The molecular weight excluding hydrogens is 488 g/mol. The number of carbonyl (C=O) groups is 2. The van der Waals surface area contributed by atoms with Crippen molar-refractivity contribution in [2.24, 2.45) is 0 Å². The van der Waals surface area contributed by atoms with Crippen LogP contribution < -0.4 is 10.2 Å². The van der Waals surface area contributed by atoms with Crippen LogP contribution >= 0.6 is 23.1 Å². The predicted octanol–water partition coefficient (Wildman–Crippen LogP) is 5.60. The number of carbonyl (C=O) groups excluding carboxylic acids is 2. The summed E-state index contributed by atoms with van der Waals surface area (Å²) in [5, 5.41) is 12.2. The van der Waals surface area contributed by atoms with Crippen LogP contribution in [0.15, 0.2) is 71.4 Å². The van der Waals surface area contributed by atoms with Crippen LogP contribution in [-0.2, 0) is 9.59 Å². The largest absolute Gasteiger partial charge is 0.355 e. The van der Waals surface area contributed by atoms with Crippen LogP contribution in [0, 0.1) is 6.92 Å². The quantitative estimate of drug-likeness (QED) is 0.347. The minimum absolute atomic E-state index is 0.0471. The monoisotopic (exact) mass is 516 g/mol. The van der Waals surface area contributed by atoms with Crippen LogP contribution in [0.3, 0.4) is 0 Å². The van der Waals surface area contributed by atoms with E-state index < -0.39 is 0 Å². The maximum absolute atomic E-state index is 13.6. The SMILES string of the molecule is CCCNC(=O)CN1C(=O)CSC(c2ccsc2)c2c(-c3ccccc3)nn(-c3ccccc3C)c21. The average molecular weight is 517 g/mol. The highest BCUT2D eigenvalue weighted by atomic mass is 32.2. The normalized spacial score (nSPS) is 15.4. The summed E-state index contributed by atoms with van der Waals surface area (Å²) in [4.78, 5) is 28.1. The molecule has 8 heteroatoms. The number of hydrogen-bond acceptors (Lipinski definition) is 5. The molecule has 36 heavy (non-hydrogen) atoms. The first-order chi connectivity index (χ1) is 17.6. The van der Waals surface area contributed by atoms with Gasteiger partial charge in [-0.05, 0) is 47.4 Å². The summed E-state index contributed by atoms with van der Waals surface area (Å²) in [6.45, 7) is 4.57. The molecule has 3 heterocycles. The molecule has 184 valence electrons. The number of thioether (sulfide) groups is 1. The van der Waals surface area contributed by atoms with Crippen molar-refractivity contribution in [2.45, 2.75) is 25.5 Å². The summed E-state index contributed by atoms with van der Waals surface area (Å²) in [5.74, 6) is 0.674. The molecule has 0 saturated heterocycles. The zero-order chi connectivity index (χ0) is 25.1. The van der Waals surface area contributed by atoms with E-state index in [0.717, 1.165) is 40.1 Å². The van der Waals surface area contributed by atoms with E-state index in [4.69, 9.17) is 5.10 Å². The first-order valence-electron chi connectivity index (χ1n) is 12.0. The summed E-state index contributed by atoms with van der Waals surface area (Å²) in [5.41, 5.74) is 5.82. The minimum atomic E-state index is -0.172. The molecule has 1 unspecified atom stereocenters. The van der Waals surface area contributed by atoms with E-state index in [1.165, 1.54) is 0 Å². The smallest absolute Gasteiger partial charge is 0.240 e. The average Bonchev–Trinajstić information content (AvgIpc) is 3.53. The third-order valence-electron chi connectivity index (χ3n) is 6.20. The van der Waals surface area contributed by atoms with Crippen molar-refractivity contribution in [1.29, 1.82) is 0 Å². The molecule has 2 aromatic heterocycles. The van der Waals surface area contributed by atoms with Crippen LogP contribution in [-0.4, -0.2) is 40.4 Å². The Morgan fingerprint density at radius 2 is 1.89 bits per heavy atom. The Bertz CT molecular complexity index is 1370. The van der Waals surface area contributed by atoms with Gasteiger partial charge in [0.05, 0.1) is 22.4 Å². The fourth-order valence-electron chi connectivity index (χ4n) is 4.45. The summed E-state index contributed by atoms with van der Waals surface area (Å²) < 4.78 is 1.86. The van der Waals surface area contributed by atoms with Gasteiger partial charge < -0.3 is 5.32 Å². The van der Waals surface area contributed by atoms with Crippen LogP contribution in [0.1, 0.15) is 35.3 Å². The number of nitrogens with zero attached hydrogens (tertiary/aromatic N) is 3. The number of rotatable bonds is 7. The van der Waals surface area contributed by atoms with Gasteiger partial charge in [-0.25, -0.2) is 4.68 Å². The molecule has 1 aliphatic heterocycles. The second-order valence-corrected chi connectivity index (χ2v) is 10.6. The van der Waals surface area contributed by atoms with Gasteiger partial charge in [-0.1, -0.05) is 55.5 Å². The topological polar surface area (TPSA) is 67.2 Å². The van der Waals surface area contributed by atoms with Crippen molar-refractivity contribution in [2.75, 3.05) is 23.7 Å². The number of nitrogens with one attached hydrogen (secondary N) is 1. The van der Waals surface area contributed by atoms with Crippen molar-refractivity contribution in [3.05, 3.63) is 88.1 Å². The Hall–Kier alpha value is -3.36. The lowest BCUT2D eigenvalue weighted by atomic mass is 10.0. The lowest BCUT2D eigenvalue weighted by Crippen LogP contribution is -2.42. The molecule has 0 spiro atoms. The number of fused-ring (bicyclic) bond motifs is 1. The molecule has 2 amide bonds. The van der Waals surface area contributed by atoms with E-state index in [0.29, 0.717) is 12.4 Å². The fourth-order valence-corrected chi connectivity index (χ4v) is 6.41. The zero-order valence-corrected chi connectivity index (χ0v) is 21.9. The molecular formula is C28H28N4O2S2. The van der Waals surface area contributed by atoms with Crippen LogP contribution in [0.4, 0.5) is 5.82 Å². The van der Waals surface area contributed by atoms with Gasteiger partial charge >= 0.3 is 0 Å². The maximum Gasteiger partial charge on any atom is 0.240 e. The van der Waals surface area contributed by atoms with Gasteiger partial charge in [0.25, 0.3) is 0 Å². The van der Waals surface area contributed by atoms with E-state index in [-0.39, 0.29) is 29.4 Å². The highest BCUT2D eigenvalue weighted by Gasteiger charge is 2.37. The Labute approximate surface area is 219 Å². The lowest BCUT2D eigenvalue weighted by molar-refractivity contribution is -0.122. The van der Waals surface area contributed by atoms with E-state index in [1.54, 1.807) is 28.0 Å². The van der Waals surface area contributed by atoms with Crippen molar-refractivity contribution in [3.63, 3.8) is 0 Å². The Morgan fingerprint density at radius 3 is 2.61 bits per heavy atom. The van der Waals surface area contributed by atoms with Gasteiger partial charge in [-0.3, -0.25) is 14.5 Å². The van der Waals surface area contributed by atoms with E-state index in [2.05, 4.69) is 22.1 Å². The van der Waals surface area contributed by atoms with E-state index in [9.17, 15) is 9.59 Å². The van der Waals surface area contributed by atoms with E-state index >= 15 is 0 Å². The van der Waals surface area contributed by atoms with Crippen molar-refractivity contribution in [3.8, 4) is 16.9 Å². The first kappa shape index (κ1) is 24.3. The maximum atomic E-state index is 13.6. The highest BCUT2D eigenvalue weighted by Crippen LogP contribution is 2.49. The number of thiophene rings is 1. The lowest BCUT2D eigenvalue weighted by Gasteiger charge is -2.23. The molecule has 0 saturated carbocycles. The predicted molar refractivity (Wildman–Crippen MR) is 148 cm³/mol. The molecule has 6 nitrogen and oxygen atoms in total. The van der Waals surface area contributed by atoms with E-state index in [1.807, 2.05) is 73.1 Å². The van der Waals surface area contributed by atoms with Crippen LogP contribution in [0.25, 0.3) is 16.9 Å². The van der Waals surface area contributed by atoms with Gasteiger partial charge in [0, 0.05) is 17.7 Å². The summed E-state index contributed by atoms with van der Waals surface area (Å²) in [6, 6.07) is 20.2. The molecule has 1 aliphatic rings. The Morgan fingerprint density at radius 1 is 1.11 bits per heavy atom. The van der Waals surface area contributed by atoms with Gasteiger partial charge in [0.1, 0.15) is 12.4 Å². The number of amides is 2. The Kier molecular flexibility index (Phi) is 7.25. The molecule has 0 radical (unpaired) electrons. The molecule has 2 aromatic carbocycles. The molecule has 0 fully saturated rings. The molecule has 0 bridgehead atoms. The third-order valence-corrected chi connectivity index (χ3v) is 8.16. The Balaban J connectivity index is 1.79. The molecule has 0 aliphatic carbocycles. The molecule has 5 rings (SSSR count). The molecule has 4 aromatic rings. The number of hydrogen-bond donors (Lipinski definition) is 1. The fraction of sp³-hybridized carbons (Fsp3) is 0.250. The van der Waals surface area contributed by atoms with Gasteiger partial charge in [0.15, 0.2) is 0 Å². The van der Waals surface area contributed by atoms with Crippen molar-refractivity contribution < 1.29 is 9.59 Å². The number of para-hydroxylation sites is 1. The van der Waals surface area contributed by atoms with Gasteiger partial charge in [-0.2, -0.15) is 16.4 Å². The third kappa shape index (κ3) is 4.70. The highest BCUT2D eigenvalue weighted by molar-refractivity contribution is 8.00. The molecule has 1 N–H and O–H groups in total. The number of aromatic nitrogens is 2. The number of anilines is 1. The summed E-state index contributed by atoms with van der Waals surface area (Å²) in [6.07, 6.45) is 0.834. The van der Waals surface area contributed by atoms with Crippen LogP contribution in [0.5, 0.6) is 0 Å². The molecule has 1 atom stereocenters. The van der Waals surface area contributed by atoms with Gasteiger partial charge in [-0.15, -0.1) is 11.8 Å². The van der Waals surface area contributed by atoms with Gasteiger partial charge in [0.2, 0.25) is 11.8 Å². The standard InChI is InChI=1S/C28H28N4O2S2/c1-3-14-29-23(33)16-31-24(34)18-36-27(21-13-15-35-17-21)25-26(20-10-5-4-6-11-20)30-32(28(25)31)22-12-8-7-9-19(22)2/h4-13,15,17,27H,3,14,16,18H2,1-2H3,(H,29,33). The number of aryl methyl sites for hydroxylation is 1. The minimum Gasteiger partial charge on any atom is -0.355 e.